The molecule has 0 radical (unpaired) electrons. The van der Waals surface area contributed by atoms with Crippen LogP contribution in [0.4, 0.5) is 0 Å². The summed E-state index contributed by atoms with van der Waals surface area (Å²) in [5.41, 5.74) is 0. The van der Waals surface area contributed by atoms with E-state index >= 15 is 0 Å². The summed E-state index contributed by atoms with van der Waals surface area (Å²) in [5.74, 6) is 0.728. The number of carbonyl (C=O) groups excluding carboxylic acids is 1. The highest BCUT2D eigenvalue weighted by Crippen LogP contribution is 2.33. The SMILES string of the molecule is CCOC(=O)CC(C1CCCC1)N1CCCCCC1. The molecule has 1 heterocycles. The molecule has 0 spiro atoms. The first-order chi connectivity index (χ1) is 9.31. The monoisotopic (exact) mass is 267 g/mol. The van der Waals surface area contributed by atoms with E-state index in [-0.39, 0.29) is 5.97 Å². The second-order valence-electron chi connectivity index (χ2n) is 6.07. The summed E-state index contributed by atoms with van der Waals surface area (Å²) >= 11 is 0. The first-order valence-electron chi connectivity index (χ1n) is 8.21. The van der Waals surface area contributed by atoms with Crippen LogP contribution in [-0.4, -0.2) is 36.6 Å². The Labute approximate surface area is 117 Å². The third-order valence-electron chi connectivity index (χ3n) is 4.73. The van der Waals surface area contributed by atoms with Gasteiger partial charge in [0.15, 0.2) is 0 Å². The number of carbonyl (C=O) groups is 1. The number of hydrogen-bond donors (Lipinski definition) is 0. The van der Waals surface area contributed by atoms with Crippen molar-refractivity contribution in [1.82, 2.24) is 4.90 Å². The van der Waals surface area contributed by atoms with Crippen LogP contribution in [0.2, 0.25) is 0 Å². The minimum atomic E-state index is 0.00338. The van der Waals surface area contributed by atoms with E-state index in [2.05, 4.69) is 4.90 Å². The summed E-state index contributed by atoms with van der Waals surface area (Å²) in [5, 5.41) is 0. The van der Waals surface area contributed by atoms with Gasteiger partial charge in [0, 0.05) is 6.04 Å². The van der Waals surface area contributed by atoms with E-state index in [0.29, 0.717) is 19.1 Å². The third-order valence-corrected chi connectivity index (χ3v) is 4.73. The lowest BCUT2D eigenvalue weighted by molar-refractivity contribution is -0.145. The number of nitrogens with zero attached hydrogens (tertiary/aromatic N) is 1. The van der Waals surface area contributed by atoms with Gasteiger partial charge in [0.2, 0.25) is 0 Å². The van der Waals surface area contributed by atoms with Gasteiger partial charge in [-0.2, -0.15) is 0 Å². The Morgan fingerprint density at radius 1 is 1.11 bits per heavy atom. The van der Waals surface area contributed by atoms with Crippen LogP contribution in [0.3, 0.4) is 0 Å². The molecule has 0 N–H and O–H groups in total. The van der Waals surface area contributed by atoms with Crippen molar-refractivity contribution in [2.24, 2.45) is 5.92 Å². The van der Waals surface area contributed by atoms with Gasteiger partial charge in [-0.3, -0.25) is 9.69 Å². The smallest absolute Gasteiger partial charge is 0.307 e. The highest BCUT2D eigenvalue weighted by atomic mass is 16.5. The van der Waals surface area contributed by atoms with Crippen LogP contribution in [0.25, 0.3) is 0 Å². The quantitative estimate of drug-likeness (QED) is 0.715. The number of rotatable bonds is 5. The Balaban J connectivity index is 1.97. The summed E-state index contributed by atoms with van der Waals surface area (Å²) in [6, 6.07) is 0.444. The van der Waals surface area contributed by atoms with Crippen molar-refractivity contribution in [3.63, 3.8) is 0 Å². The van der Waals surface area contributed by atoms with Gasteiger partial charge in [-0.15, -0.1) is 0 Å². The van der Waals surface area contributed by atoms with Gasteiger partial charge in [-0.05, 0) is 51.6 Å². The molecule has 3 heteroatoms. The van der Waals surface area contributed by atoms with Crippen molar-refractivity contribution in [1.29, 1.82) is 0 Å². The molecule has 1 unspecified atom stereocenters. The van der Waals surface area contributed by atoms with Crippen molar-refractivity contribution < 1.29 is 9.53 Å². The van der Waals surface area contributed by atoms with Gasteiger partial charge in [-0.25, -0.2) is 0 Å². The Morgan fingerprint density at radius 2 is 1.74 bits per heavy atom. The van der Waals surface area contributed by atoms with E-state index in [0.717, 1.165) is 5.92 Å². The van der Waals surface area contributed by atoms with Crippen LogP contribution in [0.15, 0.2) is 0 Å². The molecule has 1 atom stereocenters. The largest absolute Gasteiger partial charge is 0.466 e. The molecule has 0 aromatic heterocycles. The molecular formula is C16H29NO2. The summed E-state index contributed by atoms with van der Waals surface area (Å²) < 4.78 is 5.19. The molecule has 2 rings (SSSR count). The van der Waals surface area contributed by atoms with E-state index in [1.54, 1.807) is 0 Å². The lowest BCUT2D eigenvalue weighted by atomic mass is 9.93. The molecule has 2 aliphatic rings. The van der Waals surface area contributed by atoms with Crippen molar-refractivity contribution in [2.45, 2.75) is 70.8 Å². The maximum absolute atomic E-state index is 11.9. The van der Waals surface area contributed by atoms with Crippen LogP contribution in [0.1, 0.15) is 64.7 Å². The molecule has 0 aromatic carbocycles. The molecule has 1 saturated heterocycles. The van der Waals surface area contributed by atoms with Crippen molar-refractivity contribution in [3.8, 4) is 0 Å². The highest BCUT2D eigenvalue weighted by Gasteiger charge is 2.32. The minimum absolute atomic E-state index is 0.00338. The average Bonchev–Trinajstić information content (AvgIpc) is 2.79. The van der Waals surface area contributed by atoms with Gasteiger partial charge in [-0.1, -0.05) is 25.7 Å². The Bertz CT molecular complexity index is 266. The van der Waals surface area contributed by atoms with Gasteiger partial charge in [0.05, 0.1) is 13.0 Å². The van der Waals surface area contributed by atoms with E-state index in [1.807, 2.05) is 6.92 Å². The second kappa shape index (κ2) is 7.88. The standard InChI is InChI=1S/C16H29NO2/c1-2-19-16(18)13-15(14-9-5-6-10-14)17-11-7-3-4-8-12-17/h14-15H,2-13H2,1H3. The van der Waals surface area contributed by atoms with Gasteiger partial charge in [0.1, 0.15) is 0 Å². The molecule has 1 saturated carbocycles. The maximum Gasteiger partial charge on any atom is 0.307 e. The fourth-order valence-corrected chi connectivity index (χ4v) is 3.75. The maximum atomic E-state index is 11.9. The predicted molar refractivity (Wildman–Crippen MR) is 77.0 cm³/mol. The third kappa shape index (κ3) is 4.48. The molecule has 0 aromatic rings. The van der Waals surface area contributed by atoms with Crippen molar-refractivity contribution in [3.05, 3.63) is 0 Å². The number of likely N-dealkylation sites (tertiary alicyclic amines) is 1. The van der Waals surface area contributed by atoms with E-state index < -0.39 is 0 Å². The van der Waals surface area contributed by atoms with Crippen LogP contribution in [0, 0.1) is 5.92 Å². The second-order valence-corrected chi connectivity index (χ2v) is 6.07. The number of ether oxygens (including phenoxy) is 1. The zero-order valence-corrected chi connectivity index (χ0v) is 12.4. The normalized spacial score (nSPS) is 24.1. The molecular weight excluding hydrogens is 238 g/mol. The number of hydrogen-bond acceptors (Lipinski definition) is 3. The molecule has 0 bridgehead atoms. The fourth-order valence-electron chi connectivity index (χ4n) is 3.75. The molecule has 0 amide bonds. The number of esters is 1. The zero-order chi connectivity index (χ0) is 13.5. The van der Waals surface area contributed by atoms with E-state index in [1.165, 1.54) is 64.5 Å². The summed E-state index contributed by atoms with van der Waals surface area (Å²) in [6.45, 7) is 4.77. The van der Waals surface area contributed by atoms with Gasteiger partial charge in [0.25, 0.3) is 0 Å². The molecule has 2 fully saturated rings. The van der Waals surface area contributed by atoms with Crippen LogP contribution >= 0.6 is 0 Å². The van der Waals surface area contributed by atoms with Crippen LogP contribution in [-0.2, 0) is 9.53 Å². The first-order valence-corrected chi connectivity index (χ1v) is 8.21. The van der Waals surface area contributed by atoms with Gasteiger partial charge >= 0.3 is 5.97 Å². The van der Waals surface area contributed by atoms with Crippen LogP contribution in [0.5, 0.6) is 0 Å². The summed E-state index contributed by atoms with van der Waals surface area (Å²) in [4.78, 5) is 14.5. The first kappa shape index (κ1) is 14.8. The van der Waals surface area contributed by atoms with E-state index in [9.17, 15) is 4.79 Å². The fraction of sp³-hybridized carbons (Fsp3) is 0.938. The predicted octanol–water partition coefficient (Wildman–Crippen LogP) is 3.37. The lowest BCUT2D eigenvalue weighted by Gasteiger charge is -2.34. The molecule has 19 heavy (non-hydrogen) atoms. The summed E-state index contributed by atoms with van der Waals surface area (Å²) in [7, 11) is 0. The Morgan fingerprint density at radius 3 is 2.32 bits per heavy atom. The zero-order valence-electron chi connectivity index (χ0n) is 12.4. The molecule has 1 aliphatic carbocycles. The van der Waals surface area contributed by atoms with Crippen LogP contribution < -0.4 is 0 Å². The van der Waals surface area contributed by atoms with Crippen molar-refractivity contribution in [2.75, 3.05) is 19.7 Å². The minimum Gasteiger partial charge on any atom is -0.466 e. The molecule has 3 nitrogen and oxygen atoms in total. The molecule has 110 valence electrons. The topological polar surface area (TPSA) is 29.5 Å². The Hall–Kier alpha value is -0.570. The average molecular weight is 267 g/mol. The highest BCUT2D eigenvalue weighted by molar-refractivity contribution is 5.70. The summed E-state index contributed by atoms with van der Waals surface area (Å²) in [6.07, 6.45) is 11.2. The molecule has 1 aliphatic heterocycles. The lowest BCUT2D eigenvalue weighted by Crippen LogP contribution is -2.42. The van der Waals surface area contributed by atoms with Crippen molar-refractivity contribution >= 4 is 5.97 Å². The van der Waals surface area contributed by atoms with Gasteiger partial charge < -0.3 is 4.74 Å². The Kier molecular flexibility index (Phi) is 6.15. The van der Waals surface area contributed by atoms with E-state index in [4.69, 9.17) is 4.74 Å².